The van der Waals surface area contributed by atoms with Gasteiger partial charge in [0.15, 0.2) is 0 Å². The lowest BCUT2D eigenvalue weighted by molar-refractivity contribution is -0.127. The third-order valence-corrected chi connectivity index (χ3v) is 3.21. The van der Waals surface area contributed by atoms with Crippen LogP contribution in [-0.2, 0) is 4.79 Å². The number of carbonyl (C=O) groups excluding carboxylic acids is 1. The molecule has 1 aliphatic rings. The number of hydrogen-bond acceptors (Lipinski definition) is 2. The lowest BCUT2D eigenvalue weighted by Crippen LogP contribution is -2.31. The Morgan fingerprint density at radius 1 is 1.50 bits per heavy atom. The summed E-state index contributed by atoms with van der Waals surface area (Å²) in [5.74, 6) is 0.243. The van der Waals surface area contributed by atoms with E-state index in [4.69, 9.17) is 0 Å². The van der Waals surface area contributed by atoms with Gasteiger partial charge >= 0.3 is 0 Å². The largest absolute Gasteiger partial charge is 0.273 e. The molecule has 1 amide bonds. The summed E-state index contributed by atoms with van der Waals surface area (Å²) in [6.45, 7) is 4.13. The average Bonchev–Trinajstić information content (AvgIpc) is 2.36. The minimum atomic E-state index is 0.243. The van der Waals surface area contributed by atoms with E-state index in [2.05, 4.69) is 34.8 Å². The fourth-order valence-corrected chi connectivity index (χ4v) is 1.98. The van der Waals surface area contributed by atoms with Gasteiger partial charge in [-0.2, -0.15) is 0 Å². The van der Waals surface area contributed by atoms with E-state index in [1.165, 1.54) is 19.3 Å². The van der Waals surface area contributed by atoms with Crippen LogP contribution >= 0.6 is 22.9 Å². The van der Waals surface area contributed by atoms with Crippen molar-refractivity contribution < 1.29 is 4.79 Å². The molecule has 0 saturated carbocycles. The molecule has 1 heterocycles. The zero-order valence-electron chi connectivity index (χ0n) is 7.42. The lowest BCUT2D eigenvalue weighted by atomic mass is 10.2. The number of amides is 1. The molecule has 1 aliphatic heterocycles. The second kappa shape index (κ2) is 5.01. The lowest BCUT2D eigenvalue weighted by Gasteiger charge is -2.20. The first-order valence-corrected chi connectivity index (χ1v) is 5.45. The van der Waals surface area contributed by atoms with Crippen LogP contribution in [0.2, 0.25) is 0 Å². The molecule has 70 valence electrons. The van der Waals surface area contributed by atoms with Gasteiger partial charge in [0.05, 0.1) is 22.9 Å². The van der Waals surface area contributed by atoms with Crippen molar-refractivity contribution >= 4 is 28.8 Å². The Morgan fingerprint density at radius 3 is 2.75 bits per heavy atom. The van der Waals surface area contributed by atoms with Gasteiger partial charge in [-0.3, -0.25) is 4.79 Å². The predicted octanol–water partition coefficient (Wildman–Crippen LogP) is 1.98. The summed E-state index contributed by atoms with van der Waals surface area (Å²) in [6, 6.07) is 0. The van der Waals surface area contributed by atoms with Gasteiger partial charge in [0.2, 0.25) is 5.91 Å². The maximum absolute atomic E-state index is 11.1. The normalized spacial score (nSPS) is 19.2. The average molecular weight is 282 g/mol. The van der Waals surface area contributed by atoms with Crippen molar-refractivity contribution in [2.45, 2.75) is 32.6 Å². The van der Waals surface area contributed by atoms with Crippen LogP contribution in [-0.4, -0.2) is 27.2 Å². The van der Waals surface area contributed by atoms with Crippen molar-refractivity contribution in [2.24, 2.45) is 0 Å². The van der Waals surface area contributed by atoms with E-state index in [0.717, 1.165) is 13.1 Å². The molecule has 1 fully saturated rings. The summed E-state index contributed by atoms with van der Waals surface area (Å²) in [4.78, 5) is 11.1. The fourth-order valence-electron chi connectivity index (χ4n) is 1.31. The van der Waals surface area contributed by atoms with Crippen molar-refractivity contribution in [3.05, 3.63) is 0 Å². The van der Waals surface area contributed by atoms with Crippen LogP contribution < -0.4 is 0 Å². The van der Waals surface area contributed by atoms with E-state index in [-0.39, 0.29) is 5.91 Å². The predicted molar refractivity (Wildman–Crippen MR) is 56.6 cm³/mol. The molecule has 1 rings (SSSR count). The summed E-state index contributed by atoms with van der Waals surface area (Å²) < 4.78 is 1.73. The van der Waals surface area contributed by atoms with Crippen molar-refractivity contribution in [3.8, 4) is 0 Å². The molecule has 0 bridgehead atoms. The molecule has 0 aromatic rings. The van der Waals surface area contributed by atoms with Crippen molar-refractivity contribution in [1.82, 2.24) is 8.23 Å². The molecule has 0 N–H and O–H groups in total. The molecule has 0 unspecified atom stereocenters. The number of hydrogen-bond donors (Lipinski definition) is 0. The van der Waals surface area contributed by atoms with Crippen LogP contribution in [0.1, 0.15) is 32.6 Å². The number of rotatable bonds is 4. The summed E-state index contributed by atoms with van der Waals surface area (Å²) >= 11 is 2.08. The molecule has 0 aromatic heterocycles. The van der Waals surface area contributed by atoms with Gasteiger partial charge < -0.3 is 0 Å². The van der Waals surface area contributed by atoms with Crippen LogP contribution in [0.4, 0.5) is 0 Å². The quantitative estimate of drug-likeness (QED) is 0.447. The molecule has 0 aromatic carbocycles. The summed E-state index contributed by atoms with van der Waals surface area (Å²) in [5.41, 5.74) is 0. The summed E-state index contributed by atoms with van der Waals surface area (Å²) in [5, 5.41) is 2.12. The van der Waals surface area contributed by atoms with Gasteiger partial charge in [0.1, 0.15) is 0 Å². The molecule has 12 heavy (non-hydrogen) atoms. The Kier molecular flexibility index (Phi) is 4.28. The Bertz CT molecular complexity index is 163. The maximum Gasteiger partial charge on any atom is 0.247 e. The standard InChI is InChI=1S/C8H15IN2O/c1-2-3-4-6-10-7-5-8(12)11(10)9/h2-7H2,1H3. The van der Waals surface area contributed by atoms with E-state index >= 15 is 0 Å². The third kappa shape index (κ3) is 2.58. The first-order chi connectivity index (χ1) is 5.75. The van der Waals surface area contributed by atoms with E-state index in [1.807, 2.05) is 0 Å². The number of unbranched alkanes of at least 4 members (excludes halogenated alkanes) is 2. The molecule has 0 radical (unpaired) electrons. The summed E-state index contributed by atoms with van der Waals surface area (Å²) in [6.07, 6.45) is 4.39. The van der Waals surface area contributed by atoms with Gasteiger partial charge in [-0.05, 0) is 6.42 Å². The number of hydrazine groups is 1. The molecular weight excluding hydrogens is 267 g/mol. The first kappa shape index (κ1) is 10.2. The van der Waals surface area contributed by atoms with E-state index < -0.39 is 0 Å². The van der Waals surface area contributed by atoms with Crippen molar-refractivity contribution in [3.63, 3.8) is 0 Å². The van der Waals surface area contributed by atoms with E-state index in [9.17, 15) is 4.79 Å². The highest BCUT2D eigenvalue weighted by atomic mass is 127. The molecule has 0 atom stereocenters. The second-order valence-corrected chi connectivity index (χ2v) is 3.98. The monoisotopic (exact) mass is 282 g/mol. The second-order valence-electron chi connectivity index (χ2n) is 3.06. The maximum atomic E-state index is 11.1. The number of nitrogens with zero attached hydrogens (tertiary/aromatic N) is 2. The van der Waals surface area contributed by atoms with Gasteiger partial charge in [-0.25, -0.2) is 8.23 Å². The van der Waals surface area contributed by atoms with Gasteiger partial charge in [0.25, 0.3) is 0 Å². The molecule has 1 saturated heterocycles. The third-order valence-electron chi connectivity index (χ3n) is 2.06. The summed E-state index contributed by atoms with van der Waals surface area (Å²) in [7, 11) is 0. The highest BCUT2D eigenvalue weighted by Gasteiger charge is 2.25. The zero-order valence-corrected chi connectivity index (χ0v) is 9.58. The Morgan fingerprint density at radius 2 is 2.25 bits per heavy atom. The van der Waals surface area contributed by atoms with Gasteiger partial charge in [-0.15, -0.1) is 0 Å². The molecular formula is C8H15IN2O. The fraction of sp³-hybridized carbons (Fsp3) is 0.875. The van der Waals surface area contributed by atoms with Crippen LogP contribution in [0, 0.1) is 0 Å². The highest BCUT2D eigenvalue weighted by Crippen LogP contribution is 2.17. The van der Waals surface area contributed by atoms with E-state index in [1.54, 1.807) is 3.22 Å². The van der Waals surface area contributed by atoms with Crippen molar-refractivity contribution in [2.75, 3.05) is 13.1 Å². The van der Waals surface area contributed by atoms with Crippen LogP contribution in [0.15, 0.2) is 0 Å². The van der Waals surface area contributed by atoms with E-state index in [0.29, 0.717) is 6.42 Å². The Hall–Kier alpha value is 0.160. The van der Waals surface area contributed by atoms with Gasteiger partial charge in [0, 0.05) is 19.5 Å². The van der Waals surface area contributed by atoms with Crippen LogP contribution in [0.3, 0.4) is 0 Å². The molecule has 3 nitrogen and oxygen atoms in total. The van der Waals surface area contributed by atoms with Crippen molar-refractivity contribution in [1.29, 1.82) is 0 Å². The minimum Gasteiger partial charge on any atom is -0.273 e. The smallest absolute Gasteiger partial charge is 0.247 e. The minimum absolute atomic E-state index is 0.243. The molecule has 4 heteroatoms. The van der Waals surface area contributed by atoms with Crippen LogP contribution in [0.25, 0.3) is 0 Å². The topological polar surface area (TPSA) is 23.6 Å². The number of halogens is 1. The molecule has 0 aliphatic carbocycles. The van der Waals surface area contributed by atoms with Crippen LogP contribution in [0.5, 0.6) is 0 Å². The highest BCUT2D eigenvalue weighted by molar-refractivity contribution is 14.1. The Balaban J connectivity index is 2.20. The number of carbonyl (C=O) groups is 1. The molecule has 0 spiro atoms. The first-order valence-electron chi connectivity index (χ1n) is 4.49. The zero-order chi connectivity index (χ0) is 8.97. The van der Waals surface area contributed by atoms with Gasteiger partial charge in [-0.1, -0.05) is 19.8 Å². The SMILES string of the molecule is CCCCCN1CCC(=O)N1I. The Labute approximate surface area is 87.6 Å².